The number of carbonyl (C=O) groups excluding carboxylic acids is 1. The van der Waals surface area contributed by atoms with Gasteiger partial charge in [-0.3, -0.25) is 4.79 Å². The van der Waals surface area contributed by atoms with Crippen LogP contribution in [0.25, 0.3) is 0 Å². The second-order valence-electron chi connectivity index (χ2n) is 5.87. The lowest BCUT2D eigenvalue weighted by Gasteiger charge is -2.32. The zero-order chi connectivity index (χ0) is 16.9. The number of piperazine rings is 1. The number of benzene rings is 1. The highest BCUT2D eigenvalue weighted by molar-refractivity contribution is 5.91. The lowest BCUT2D eigenvalue weighted by molar-refractivity contribution is -0.917. The number of amides is 1. The first kappa shape index (κ1) is 16.4. The SMILES string of the molecule is COc1ccc(OC)c(C[NH+]2CCN(C(=O)c3ccco3)CC2)c1. The van der Waals surface area contributed by atoms with Gasteiger partial charge in [-0.2, -0.15) is 0 Å². The predicted molar refractivity (Wildman–Crippen MR) is 88.6 cm³/mol. The van der Waals surface area contributed by atoms with E-state index in [4.69, 9.17) is 13.9 Å². The van der Waals surface area contributed by atoms with Crippen molar-refractivity contribution in [1.29, 1.82) is 0 Å². The van der Waals surface area contributed by atoms with Gasteiger partial charge in [-0.25, -0.2) is 0 Å². The Labute approximate surface area is 141 Å². The van der Waals surface area contributed by atoms with Crippen molar-refractivity contribution in [3.05, 3.63) is 47.9 Å². The predicted octanol–water partition coefficient (Wildman–Crippen LogP) is 0.838. The fourth-order valence-corrected chi connectivity index (χ4v) is 3.05. The molecule has 0 atom stereocenters. The summed E-state index contributed by atoms with van der Waals surface area (Å²) in [5, 5.41) is 0. The molecule has 1 N–H and O–H groups in total. The minimum absolute atomic E-state index is 0.0296. The average molecular weight is 331 g/mol. The molecule has 3 rings (SSSR count). The van der Waals surface area contributed by atoms with Crippen LogP contribution in [0.1, 0.15) is 16.1 Å². The van der Waals surface area contributed by atoms with Gasteiger partial charge in [0.25, 0.3) is 5.91 Å². The van der Waals surface area contributed by atoms with Crippen LogP contribution >= 0.6 is 0 Å². The fraction of sp³-hybridized carbons (Fsp3) is 0.389. The molecule has 0 bridgehead atoms. The first-order valence-corrected chi connectivity index (χ1v) is 8.08. The molecule has 6 heteroatoms. The van der Waals surface area contributed by atoms with Crippen molar-refractivity contribution in [2.75, 3.05) is 40.4 Å². The maximum atomic E-state index is 12.3. The third kappa shape index (κ3) is 3.54. The Morgan fingerprint density at radius 3 is 2.62 bits per heavy atom. The minimum Gasteiger partial charge on any atom is -0.497 e. The summed E-state index contributed by atoms with van der Waals surface area (Å²) >= 11 is 0. The molecule has 0 aliphatic carbocycles. The molecule has 1 saturated heterocycles. The molecule has 1 aliphatic rings. The second-order valence-corrected chi connectivity index (χ2v) is 5.87. The molecule has 1 fully saturated rings. The van der Waals surface area contributed by atoms with E-state index in [-0.39, 0.29) is 5.91 Å². The van der Waals surface area contributed by atoms with Crippen LogP contribution in [-0.4, -0.2) is 51.2 Å². The molecule has 2 heterocycles. The standard InChI is InChI=1S/C18H22N2O4/c1-22-15-5-6-16(23-2)14(12-15)13-19-7-9-20(10-8-19)18(21)17-4-3-11-24-17/h3-6,11-12H,7-10,13H2,1-2H3/p+1. The van der Waals surface area contributed by atoms with Gasteiger partial charge >= 0.3 is 0 Å². The van der Waals surface area contributed by atoms with E-state index in [0.717, 1.165) is 49.8 Å². The largest absolute Gasteiger partial charge is 0.497 e. The summed E-state index contributed by atoms with van der Waals surface area (Å²) in [6, 6.07) is 9.31. The smallest absolute Gasteiger partial charge is 0.289 e. The minimum atomic E-state index is -0.0296. The van der Waals surface area contributed by atoms with Crippen LogP contribution in [0.2, 0.25) is 0 Å². The number of methoxy groups -OCH3 is 2. The molecule has 0 unspecified atom stereocenters. The molecule has 0 radical (unpaired) electrons. The molecule has 1 aromatic carbocycles. The van der Waals surface area contributed by atoms with E-state index in [2.05, 4.69) is 0 Å². The van der Waals surface area contributed by atoms with Crippen molar-refractivity contribution < 1.29 is 23.6 Å². The van der Waals surface area contributed by atoms with Crippen molar-refractivity contribution >= 4 is 5.91 Å². The number of hydrogen-bond acceptors (Lipinski definition) is 4. The summed E-state index contributed by atoms with van der Waals surface area (Å²) in [5.41, 5.74) is 1.12. The average Bonchev–Trinajstić information content (AvgIpc) is 3.16. The number of furan rings is 1. The molecule has 24 heavy (non-hydrogen) atoms. The Kier molecular flexibility index (Phi) is 5.05. The molecule has 0 spiro atoms. The number of ether oxygens (including phenoxy) is 2. The molecule has 2 aromatic rings. The highest BCUT2D eigenvalue weighted by atomic mass is 16.5. The molecule has 1 aromatic heterocycles. The van der Waals surface area contributed by atoms with Gasteiger partial charge in [-0.1, -0.05) is 0 Å². The normalized spacial score (nSPS) is 15.3. The number of rotatable bonds is 5. The Bertz CT molecular complexity index is 676. The van der Waals surface area contributed by atoms with Gasteiger partial charge in [0.2, 0.25) is 0 Å². The van der Waals surface area contributed by atoms with E-state index in [0.29, 0.717) is 5.76 Å². The Morgan fingerprint density at radius 1 is 1.21 bits per heavy atom. The van der Waals surface area contributed by atoms with E-state index >= 15 is 0 Å². The van der Waals surface area contributed by atoms with Crippen molar-refractivity contribution in [3.8, 4) is 11.5 Å². The maximum Gasteiger partial charge on any atom is 0.289 e. The Hall–Kier alpha value is -2.47. The number of quaternary nitrogens is 1. The second kappa shape index (κ2) is 7.40. The van der Waals surface area contributed by atoms with E-state index < -0.39 is 0 Å². The quantitative estimate of drug-likeness (QED) is 0.882. The lowest BCUT2D eigenvalue weighted by atomic mass is 10.1. The maximum absolute atomic E-state index is 12.3. The van der Waals surface area contributed by atoms with Crippen LogP contribution in [-0.2, 0) is 6.54 Å². The summed E-state index contributed by atoms with van der Waals surface area (Å²) in [7, 11) is 3.35. The van der Waals surface area contributed by atoms with Gasteiger partial charge in [0.1, 0.15) is 18.0 Å². The van der Waals surface area contributed by atoms with Gasteiger partial charge < -0.3 is 23.7 Å². The number of carbonyl (C=O) groups is 1. The number of nitrogens with zero attached hydrogens (tertiary/aromatic N) is 1. The topological polar surface area (TPSA) is 56.4 Å². The van der Waals surface area contributed by atoms with E-state index in [1.165, 1.54) is 11.2 Å². The first-order valence-electron chi connectivity index (χ1n) is 8.08. The highest BCUT2D eigenvalue weighted by Gasteiger charge is 2.26. The van der Waals surface area contributed by atoms with Crippen LogP contribution in [0, 0.1) is 0 Å². The molecule has 6 nitrogen and oxygen atoms in total. The molecular weight excluding hydrogens is 308 g/mol. The molecule has 0 saturated carbocycles. The molecule has 1 aliphatic heterocycles. The van der Waals surface area contributed by atoms with Crippen molar-refractivity contribution in [2.24, 2.45) is 0 Å². The van der Waals surface area contributed by atoms with Crippen LogP contribution < -0.4 is 14.4 Å². The summed E-state index contributed by atoms with van der Waals surface area (Å²) in [6.07, 6.45) is 1.53. The van der Waals surface area contributed by atoms with E-state index in [1.807, 2.05) is 23.1 Å². The van der Waals surface area contributed by atoms with Crippen molar-refractivity contribution in [3.63, 3.8) is 0 Å². The zero-order valence-corrected chi connectivity index (χ0v) is 14.1. The summed E-state index contributed by atoms with van der Waals surface area (Å²) in [6.45, 7) is 4.09. The van der Waals surface area contributed by atoms with Gasteiger partial charge in [-0.05, 0) is 30.3 Å². The first-order chi connectivity index (χ1) is 11.7. The number of nitrogens with one attached hydrogen (secondary N) is 1. The molecular formula is C18H23N2O4+. The fourth-order valence-electron chi connectivity index (χ4n) is 3.05. The van der Waals surface area contributed by atoms with Crippen molar-refractivity contribution in [1.82, 2.24) is 4.90 Å². The summed E-state index contributed by atoms with van der Waals surface area (Å²) in [4.78, 5) is 15.6. The van der Waals surface area contributed by atoms with Gasteiger partial charge in [0, 0.05) is 0 Å². The van der Waals surface area contributed by atoms with Crippen LogP contribution in [0.15, 0.2) is 41.0 Å². The Balaban J connectivity index is 1.60. The highest BCUT2D eigenvalue weighted by Crippen LogP contribution is 2.23. The van der Waals surface area contributed by atoms with Gasteiger partial charge in [0.15, 0.2) is 5.76 Å². The lowest BCUT2D eigenvalue weighted by Crippen LogP contribution is -3.13. The van der Waals surface area contributed by atoms with E-state index in [9.17, 15) is 4.79 Å². The molecule has 128 valence electrons. The third-order valence-electron chi connectivity index (χ3n) is 4.42. The van der Waals surface area contributed by atoms with Crippen LogP contribution in [0.5, 0.6) is 11.5 Å². The third-order valence-corrected chi connectivity index (χ3v) is 4.42. The van der Waals surface area contributed by atoms with E-state index in [1.54, 1.807) is 26.4 Å². The van der Waals surface area contributed by atoms with Crippen LogP contribution in [0.3, 0.4) is 0 Å². The van der Waals surface area contributed by atoms with Gasteiger partial charge in [-0.15, -0.1) is 0 Å². The van der Waals surface area contributed by atoms with Crippen molar-refractivity contribution in [2.45, 2.75) is 6.54 Å². The molecule has 1 amide bonds. The number of hydrogen-bond donors (Lipinski definition) is 1. The summed E-state index contributed by atoms with van der Waals surface area (Å²) in [5.74, 6) is 2.08. The van der Waals surface area contributed by atoms with Gasteiger partial charge in [0.05, 0.1) is 52.2 Å². The van der Waals surface area contributed by atoms with Crippen LogP contribution in [0.4, 0.5) is 0 Å². The monoisotopic (exact) mass is 331 g/mol. The zero-order valence-electron chi connectivity index (χ0n) is 14.1. The Morgan fingerprint density at radius 2 is 2.00 bits per heavy atom. The summed E-state index contributed by atoms with van der Waals surface area (Å²) < 4.78 is 16.0.